The van der Waals surface area contributed by atoms with Gasteiger partial charge in [0.2, 0.25) is 0 Å². The van der Waals surface area contributed by atoms with Gasteiger partial charge in [-0.25, -0.2) is 9.37 Å². The van der Waals surface area contributed by atoms with Gasteiger partial charge in [0.25, 0.3) is 5.78 Å². The predicted octanol–water partition coefficient (Wildman–Crippen LogP) is 1.88. The molecule has 3 heterocycles. The lowest BCUT2D eigenvalue weighted by Crippen LogP contribution is -2.27. The Morgan fingerprint density at radius 1 is 1.26 bits per heavy atom. The van der Waals surface area contributed by atoms with Crippen LogP contribution in [0.15, 0.2) is 36.7 Å². The molecule has 1 aliphatic rings. The highest BCUT2D eigenvalue weighted by molar-refractivity contribution is 5.50. The van der Waals surface area contributed by atoms with Gasteiger partial charge >= 0.3 is 0 Å². The maximum atomic E-state index is 13.2. The number of hydrogen-bond acceptors (Lipinski definition) is 5. The van der Waals surface area contributed by atoms with Crippen LogP contribution >= 0.6 is 0 Å². The average molecular weight is 313 g/mol. The van der Waals surface area contributed by atoms with Crippen molar-refractivity contribution in [1.82, 2.24) is 19.6 Å². The number of anilines is 1. The number of fused-ring (bicyclic) bond motifs is 1. The number of hydrogen-bond donors (Lipinski definition) is 1. The zero-order chi connectivity index (χ0) is 16.0. The monoisotopic (exact) mass is 313 g/mol. The summed E-state index contributed by atoms with van der Waals surface area (Å²) in [6.07, 6.45) is 1.60. The van der Waals surface area contributed by atoms with Gasteiger partial charge in [-0.15, -0.1) is 0 Å². The van der Waals surface area contributed by atoms with Gasteiger partial charge in [0.05, 0.1) is 12.1 Å². The smallest absolute Gasteiger partial charge is 0.254 e. The second-order valence-corrected chi connectivity index (χ2v) is 5.84. The number of aromatic nitrogens is 4. The molecule has 6 nitrogen and oxygen atoms in total. The molecule has 0 spiro atoms. The number of nitrogens with zero attached hydrogens (tertiary/aromatic N) is 5. The lowest BCUT2D eigenvalue weighted by Gasteiger charge is -2.27. The fraction of sp³-hybridized carbons (Fsp3) is 0.312. The zero-order valence-electron chi connectivity index (χ0n) is 12.6. The van der Waals surface area contributed by atoms with Crippen LogP contribution in [0.25, 0.3) is 5.78 Å². The van der Waals surface area contributed by atoms with Gasteiger partial charge in [0, 0.05) is 18.3 Å². The predicted molar refractivity (Wildman–Crippen MR) is 82.6 cm³/mol. The van der Waals surface area contributed by atoms with Crippen LogP contribution in [0.3, 0.4) is 0 Å². The molecular weight excluding hydrogens is 297 g/mol. The maximum Gasteiger partial charge on any atom is 0.254 e. The van der Waals surface area contributed by atoms with Crippen LogP contribution in [0.5, 0.6) is 0 Å². The van der Waals surface area contributed by atoms with Crippen LogP contribution in [-0.2, 0) is 0 Å². The van der Waals surface area contributed by atoms with Gasteiger partial charge in [-0.3, -0.25) is 0 Å². The SMILES string of the molecule is Cc1cc(N2C[C@H](O)C[C@@H]2c2ccc(F)cc2)n2ncnc2n1. The molecule has 2 aromatic heterocycles. The number of aliphatic hydroxyl groups is 1. The first-order valence-corrected chi connectivity index (χ1v) is 7.49. The van der Waals surface area contributed by atoms with E-state index in [9.17, 15) is 9.50 Å². The Balaban J connectivity index is 1.81. The van der Waals surface area contributed by atoms with Gasteiger partial charge in [-0.1, -0.05) is 12.1 Å². The standard InChI is InChI=1S/C16H16FN5O/c1-10-6-15(22-16(20-10)18-9-19-22)21-8-13(23)7-14(21)11-2-4-12(17)5-3-11/h2-6,9,13-14,23H,7-8H2,1H3/t13-,14-/m1/s1. The molecule has 1 aromatic carbocycles. The Labute approximate surface area is 132 Å². The van der Waals surface area contributed by atoms with Crippen molar-refractivity contribution in [1.29, 1.82) is 0 Å². The van der Waals surface area contributed by atoms with Crippen molar-refractivity contribution >= 4 is 11.6 Å². The fourth-order valence-corrected chi connectivity index (χ4v) is 3.18. The average Bonchev–Trinajstić information content (AvgIpc) is 3.13. The third-order valence-corrected chi connectivity index (χ3v) is 4.19. The first-order chi connectivity index (χ1) is 11.1. The molecule has 1 saturated heterocycles. The minimum atomic E-state index is -0.447. The first-order valence-electron chi connectivity index (χ1n) is 7.49. The number of β-amino-alcohol motifs (C(OH)–C–C–N with tert-alkyl or cyclic N) is 1. The van der Waals surface area contributed by atoms with E-state index in [0.29, 0.717) is 18.7 Å². The Morgan fingerprint density at radius 3 is 2.83 bits per heavy atom. The molecule has 2 atom stereocenters. The van der Waals surface area contributed by atoms with E-state index in [1.165, 1.54) is 18.5 Å². The van der Waals surface area contributed by atoms with E-state index in [1.807, 2.05) is 13.0 Å². The van der Waals surface area contributed by atoms with Crippen molar-refractivity contribution in [2.24, 2.45) is 0 Å². The molecule has 0 bridgehead atoms. The lowest BCUT2D eigenvalue weighted by molar-refractivity contribution is 0.194. The van der Waals surface area contributed by atoms with E-state index < -0.39 is 6.10 Å². The van der Waals surface area contributed by atoms with E-state index in [1.54, 1.807) is 16.6 Å². The molecule has 0 aliphatic carbocycles. The van der Waals surface area contributed by atoms with Crippen molar-refractivity contribution in [3.63, 3.8) is 0 Å². The quantitative estimate of drug-likeness (QED) is 0.782. The van der Waals surface area contributed by atoms with Crippen LogP contribution in [0, 0.1) is 12.7 Å². The molecule has 3 aromatic rings. The van der Waals surface area contributed by atoms with Crippen LogP contribution in [-0.4, -0.2) is 37.3 Å². The summed E-state index contributed by atoms with van der Waals surface area (Å²) in [6.45, 7) is 2.39. The molecule has 1 N–H and O–H groups in total. The molecule has 1 aliphatic heterocycles. The summed E-state index contributed by atoms with van der Waals surface area (Å²) in [4.78, 5) is 10.6. The van der Waals surface area contributed by atoms with E-state index >= 15 is 0 Å². The molecule has 0 unspecified atom stereocenters. The largest absolute Gasteiger partial charge is 0.391 e. The molecule has 4 rings (SSSR count). The van der Waals surface area contributed by atoms with Crippen molar-refractivity contribution in [3.8, 4) is 0 Å². The summed E-state index contributed by atoms with van der Waals surface area (Å²) in [5.41, 5.74) is 1.80. The molecule has 0 saturated carbocycles. The van der Waals surface area contributed by atoms with Crippen LogP contribution in [0.1, 0.15) is 23.7 Å². The first kappa shape index (κ1) is 14.1. The summed E-state index contributed by atoms with van der Waals surface area (Å²) in [5, 5.41) is 14.4. The minimum absolute atomic E-state index is 0.0419. The maximum absolute atomic E-state index is 13.2. The number of halogens is 1. The topological polar surface area (TPSA) is 66.5 Å². The van der Waals surface area contributed by atoms with Gasteiger partial charge in [-0.2, -0.15) is 14.6 Å². The van der Waals surface area contributed by atoms with Crippen molar-refractivity contribution in [3.05, 3.63) is 53.7 Å². The van der Waals surface area contributed by atoms with Gasteiger partial charge < -0.3 is 10.0 Å². The highest BCUT2D eigenvalue weighted by Gasteiger charge is 2.34. The van der Waals surface area contributed by atoms with Crippen molar-refractivity contribution in [2.75, 3.05) is 11.4 Å². The summed E-state index contributed by atoms with van der Waals surface area (Å²) in [5.74, 6) is 1.09. The number of aryl methyl sites for hydroxylation is 1. The van der Waals surface area contributed by atoms with Gasteiger partial charge in [0.15, 0.2) is 0 Å². The van der Waals surface area contributed by atoms with Gasteiger partial charge in [0.1, 0.15) is 18.0 Å². The second-order valence-electron chi connectivity index (χ2n) is 5.84. The third-order valence-electron chi connectivity index (χ3n) is 4.19. The Kier molecular flexibility index (Phi) is 3.23. The summed E-state index contributed by atoms with van der Waals surface area (Å²) in [7, 11) is 0. The normalized spacial score (nSPS) is 21.3. The third kappa shape index (κ3) is 2.43. The van der Waals surface area contributed by atoms with E-state index in [2.05, 4.69) is 20.0 Å². The van der Waals surface area contributed by atoms with E-state index in [0.717, 1.165) is 17.1 Å². The van der Waals surface area contributed by atoms with Gasteiger partial charge in [-0.05, 0) is 31.0 Å². The van der Waals surface area contributed by atoms with E-state index in [-0.39, 0.29) is 11.9 Å². The zero-order valence-corrected chi connectivity index (χ0v) is 12.6. The van der Waals surface area contributed by atoms with Crippen LogP contribution < -0.4 is 4.90 Å². The number of rotatable bonds is 2. The molecule has 0 radical (unpaired) electrons. The Bertz CT molecular complexity index is 847. The second kappa shape index (κ2) is 5.27. The summed E-state index contributed by atoms with van der Waals surface area (Å²) in [6, 6.07) is 8.30. The molecule has 23 heavy (non-hydrogen) atoms. The molecule has 0 amide bonds. The van der Waals surface area contributed by atoms with Crippen molar-refractivity contribution in [2.45, 2.75) is 25.5 Å². The number of benzene rings is 1. The molecule has 7 heteroatoms. The highest BCUT2D eigenvalue weighted by Crippen LogP contribution is 2.36. The van der Waals surface area contributed by atoms with Crippen molar-refractivity contribution < 1.29 is 9.50 Å². The Morgan fingerprint density at radius 2 is 2.04 bits per heavy atom. The number of aliphatic hydroxyl groups excluding tert-OH is 1. The summed E-state index contributed by atoms with van der Waals surface area (Å²) >= 11 is 0. The molecule has 118 valence electrons. The van der Waals surface area contributed by atoms with Crippen LogP contribution in [0.4, 0.5) is 10.2 Å². The van der Waals surface area contributed by atoms with Crippen LogP contribution in [0.2, 0.25) is 0 Å². The highest BCUT2D eigenvalue weighted by atomic mass is 19.1. The molecule has 1 fully saturated rings. The summed E-state index contributed by atoms with van der Waals surface area (Å²) < 4.78 is 14.9. The lowest BCUT2D eigenvalue weighted by atomic mass is 10.0. The fourth-order valence-electron chi connectivity index (χ4n) is 3.18. The van der Waals surface area contributed by atoms with E-state index in [4.69, 9.17) is 0 Å². The minimum Gasteiger partial charge on any atom is -0.391 e. The Hall–Kier alpha value is -2.54. The molecular formula is C16H16FN5O.